The molecular weight excluding hydrogens is 459 g/mol. The van der Waals surface area contributed by atoms with Crippen LogP contribution in [-0.2, 0) is 15.7 Å². The van der Waals surface area contributed by atoms with Crippen molar-refractivity contribution in [2.24, 2.45) is 0 Å². The second-order valence-electron chi connectivity index (χ2n) is 5.98. The van der Waals surface area contributed by atoms with Crippen LogP contribution in [0.25, 0.3) is 0 Å². The van der Waals surface area contributed by atoms with Crippen LogP contribution >= 0.6 is 27.7 Å². The second kappa shape index (κ2) is 9.15. The number of rotatable bonds is 5. The summed E-state index contributed by atoms with van der Waals surface area (Å²) in [4.78, 5) is 18.3. The molecule has 1 saturated heterocycles. The maximum atomic E-state index is 12.6. The molecule has 0 saturated carbocycles. The molecule has 5 nitrogen and oxygen atoms in total. The van der Waals surface area contributed by atoms with Gasteiger partial charge in [-0.3, -0.25) is 4.79 Å². The molecule has 1 aliphatic rings. The highest BCUT2D eigenvalue weighted by molar-refractivity contribution is 9.10. The standard InChI is InChI=1S/C18H17BrF3N3O2S/c19-13-2-3-15(25-5-7-27-8-6-25)14(9-13)24-16(26)11-28-17-4-1-12(10-23-17)18(20,21)22/h1-4,9-10H,5-8,11H2,(H,24,26). The molecule has 0 radical (unpaired) electrons. The highest BCUT2D eigenvalue weighted by Gasteiger charge is 2.30. The zero-order valence-electron chi connectivity index (χ0n) is 14.6. The largest absolute Gasteiger partial charge is 0.417 e. The first-order valence-electron chi connectivity index (χ1n) is 8.41. The van der Waals surface area contributed by atoms with Crippen molar-refractivity contribution >= 4 is 45.0 Å². The Morgan fingerprint density at radius 1 is 1.25 bits per heavy atom. The Morgan fingerprint density at radius 2 is 2.00 bits per heavy atom. The third kappa shape index (κ3) is 5.62. The van der Waals surface area contributed by atoms with Crippen LogP contribution in [0.4, 0.5) is 24.5 Å². The van der Waals surface area contributed by atoms with Gasteiger partial charge in [-0.1, -0.05) is 27.7 Å². The van der Waals surface area contributed by atoms with Gasteiger partial charge in [-0.05, 0) is 30.3 Å². The lowest BCUT2D eigenvalue weighted by Crippen LogP contribution is -2.36. The van der Waals surface area contributed by atoms with Crippen LogP contribution in [-0.4, -0.2) is 42.9 Å². The van der Waals surface area contributed by atoms with Gasteiger partial charge in [-0.15, -0.1) is 0 Å². The molecule has 28 heavy (non-hydrogen) atoms. The Kier molecular flexibility index (Phi) is 6.84. The van der Waals surface area contributed by atoms with Gasteiger partial charge in [0.25, 0.3) is 0 Å². The number of hydrogen-bond donors (Lipinski definition) is 1. The molecule has 1 aromatic heterocycles. The molecule has 0 aliphatic carbocycles. The smallest absolute Gasteiger partial charge is 0.378 e. The third-order valence-electron chi connectivity index (χ3n) is 4.00. The summed E-state index contributed by atoms with van der Waals surface area (Å²) in [7, 11) is 0. The minimum Gasteiger partial charge on any atom is -0.378 e. The SMILES string of the molecule is O=C(CSc1ccc(C(F)(F)F)cn1)Nc1cc(Br)ccc1N1CCOCC1. The molecule has 150 valence electrons. The average molecular weight is 476 g/mol. The molecule has 0 spiro atoms. The van der Waals surface area contributed by atoms with E-state index in [1.165, 1.54) is 6.07 Å². The minimum absolute atomic E-state index is 0.0351. The number of carbonyl (C=O) groups excluding carboxylic acids is 1. The Bertz CT molecular complexity index is 828. The zero-order valence-corrected chi connectivity index (χ0v) is 17.0. The summed E-state index contributed by atoms with van der Waals surface area (Å²) in [6.45, 7) is 2.71. The van der Waals surface area contributed by atoms with Gasteiger partial charge in [0.1, 0.15) is 0 Å². The monoisotopic (exact) mass is 475 g/mol. The molecular formula is C18H17BrF3N3O2S. The molecule has 0 unspecified atom stereocenters. The molecule has 10 heteroatoms. The van der Waals surface area contributed by atoms with Crippen molar-refractivity contribution in [3.05, 3.63) is 46.6 Å². The number of benzene rings is 1. The molecule has 1 aliphatic heterocycles. The number of alkyl halides is 3. The number of nitrogens with one attached hydrogen (secondary N) is 1. The van der Waals surface area contributed by atoms with E-state index in [1.807, 2.05) is 18.2 Å². The van der Waals surface area contributed by atoms with Crippen molar-refractivity contribution < 1.29 is 22.7 Å². The van der Waals surface area contributed by atoms with Crippen LogP contribution in [0.15, 0.2) is 46.0 Å². The molecule has 1 N–H and O–H groups in total. The Labute approximate surface area is 172 Å². The van der Waals surface area contributed by atoms with Gasteiger partial charge in [0, 0.05) is 23.8 Å². The summed E-state index contributed by atoms with van der Waals surface area (Å²) in [6, 6.07) is 7.87. The number of morpholine rings is 1. The Hall–Kier alpha value is -1.78. The number of hydrogen-bond acceptors (Lipinski definition) is 5. The first-order chi connectivity index (χ1) is 13.3. The number of nitrogens with zero attached hydrogens (tertiary/aromatic N) is 2. The number of thioether (sulfide) groups is 1. The van der Waals surface area contributed by atoms with E-state index >= 15 is 0 Å². The number of halogens is 4. The van der Waals surface area contributed by atoms with Gasteiger partial charge in [-0.25, -0.2) is 4.98 Å². The number of aromatic nitrogens is 1. The molecule has 2 aromatic rings. The van der Waals surface area contributed by atoms with Crippen molar-refractivity contribution in [1.29, 1.82) is 0 Å². The summed E-state index contributed by atoms with van der Waals surface area (Å²) < 4.78 is 43.9. The Morgan fingerprint density at radius 3 is 2.64 bits per heavy atom. The van der Waals surface area contributed by atoms with Crippen molar-refractivity contribution in [2.45, 2.75) is 11.2 Å². The molecule has 3 rings (SSSR count). The number of carbonyl (C=O) groups is 1. The van der Waals surface area contributed by atoms with E-state index < -0.39 is 11.7 Å². The van der Waals surface area contributed by atoms with Gasteiger partial charge >= 0.3 is 6.18 Å². The number of ether oxygens (including phenoxy) is 1. The summed E-state index contributed by atoms with van der Waals surface area (Å²) in [6.07, 6.45) is -3.66. The highest BCUT2D eigenvalue weighted by Crippen LogP contribution is 2.31. The lowest BCUT2D eigenvalue weighted by Gasteiger charge is -2.30. The fraction of sp³-hybridized carbons (Fsp3) is 0.333. The lowest BCUT2D eigenvalue weighted by molar-refractivity contribution is -0.137. The van der Waals surface area contributed by atoms with Crippen molar-refractivity contribution in [1.82, 2.24) is 4.98 Å². The van der Waals surface area contributed by atoms with E-state index in [-0.39, 0.29) is 11.7 Å². The first kappa shape index (κ1) is 20.9. The quantitative estimate of drug-likeness (QED) is 0.648. The van der Waals surface area contributed by atoms with Crippen LogP contribution in [0.2, 0.25) is 0 Å². The van der Waals surface area contributed by atoms with Gasteiger partial charge < -0.3 is 15.0 Å². The van der Waals surface area contributed by atoms with E-state index in [4.69, 9.17) is 4.74 Å². The van der Waals surface area contributed by atoms with Crippen LogP contribution in [0.3, 0.4) is 0 Å². The predicted molar refractivity (Wildman–Crippen MR) is 106 cm³/mol. The minimum atomic E-state index is -4.43. The summed E-state index contributed by atoms with van der Waals surface area (Å²) >= 11 is 4.48. The normalized spacial score (nSPS) is 14.8. The number of pyridine rings is 1. The molecule has 0 bridgehead atoms. The summed E-state index contributed by atoms with van der Waals surface area (Å²) in [5.74, 6) is -0.229. The molecule has 0 atom stereocenters. The number of anilines is 2. The molecule has 1 aromatic carbocycles. The van der Waals surface area contributed by atoms with Crippen molar-refractivity contribution in [2.75, 3.05) is 42.3 Å². The fourth-order valence-electron chi connectivity index (χ4n) is 2.65. The van der Waals surface area contributed by atoms with Gasteiger partial charge in [0.2, 0.25) is 5.91 Å². The summed E-state index contributed by atoms with van der Waals surface area (Å²) in [5.41, 5.74) is 0.755. The number of amides is 1. The third-order valence-corrected chi connectivity index (χ3v) is 5.44. The lowest BCUT2D eigenvalue weighted by atomic mass is 10.2. The molecule has 1 fully saturated rings. The van der Waals surface area contributed by atoms with E-state index in [0.717, 1.165) is 47.3 Å². The maximum Gasteiger partial charge on any atom is 0.417 e. The first-order valence-corrected chi connectivity index (χ1v) is 10.2. The van der Waals surface area contributed by atoms with Crippen LogP contribution < -0.4 is 10.2 Å². The Balaban J connectivity index is 1.62. The molecule has 2 heterocycles. The fourth-order valence-corrected chi connectivity index (χ4v) is 3.65. The zero-order chi connectivity index (χ0) is 20.1. The second-order valence-corrected chi connectivity index (χ2v) is 7.89. The highest BCUT2D eigenvalue weighted by atomic mass is 79.9. The van der Waals surface area contributed by atoms with E-state index in [1.54, 1.807) is 0 Å². The molecule has 1 amide bonds. The van der Waals surface area contributed by atoms with Crippen LogP contribution in [0, 0.1) is 0 Å². The summed E-state index contributed by atoms with van der Waals surface area (Å²) in [5, 5.41) is 3.23. The topological polar surface area (TPSA) is 54.5 Å². The van der Waals surface area contributed by atoms with Gasteiger partial charge in [0.15, 0.2) is 0 Å². The maximum absolute atomic E-state index is 12.6. The van der Waals surface area contributed by atoms with Crippen LogP contribution in [0.5, 0.6) is 0 Å². The van der Waals surface area contributed by atoms with E-state index in [9.17, 15) is 18.0 Å². The van der Waals surface area contributed by atoms with Gasteiger partial charge in [0.05, 0.1) is 40.9 Å². The predicted octanol–water partition coefficient (Wildman–Crippen LogP) is 4.43. The van der Waals surface area contributed by atoms with Gasteiger partial charge in [-0.2, -0.15) is 13.2 Å². The van der Waals surface area contributed by atoms with E-state index in [0.29, 0.717) is 23.9 Å². The van der Waals surface area contributed by atoms with E-state index in [2.05, 4.69) is 31.1 Å². The van der Waals surface area contributed by atoms with Crippen LogP contribution in [0.1, 0.15) is 5.56 Å². The van der Waals surface area contributed by atoms with Crippen molar-refractivity contribution in [3.8, 4) is 0 Å². The average Bonchev–Trinajstić information content (AvgIpc) is 2.67. The van der Waals surface area contributed by atoms with Crippen molar-refractivity contribution in [3.63, 3.8) is 0 Å².